The van der Waals surface area contributed by atoms with E-state index in [0.29, 0.717) is 24.8 Å². The molecule has 1 aliphatic carbocycles. The van der Waals surface area contributed by atoms with E-state index >= 15 is 0 Å². The highest BCUT2D eigenvalue weighted by atomic mass is 35.5. The first-order chi connectivity index (χ1) is 7.51. The molecule has 2 atom stereocenters. The molecule has 0 aromatic heterocycles. The van der Waals surface area contributed by atoms with Crippen LogP contribution in [0.25, 0.3) is 0 Å². The Morgan fingerprint density at radius 1 is 1.53 bits per heavy atom. The summed E-state index contributed by atoms with van der Waals surface area (Å²) in [5.74, 6) is 1.25. The van der Waals surface area contributed by atoms with Gasteiger partial charge in [0.15, 0.2) is 0 Å². The van der Waals surface area contributed by atoms with E-state index in [4.69, 9.17) is 5.73 Å². The van der Waals surface area contributed by atoms with Crippen LogP contribution in [0.5, 0.6) is 0 Å². The Morgan fingerprint density at radius 3 is 2.53 bits per heavy atom. The predicted octanol–water partition coefficient (Wildman–Crippen LogP) is 2.48. The zero-order valence-electron chi connectivity index (χ0n) is 11.3. The maximum atomic E-state index is 11.9. The minimum atomic E-state index is -0.164. The molecule has 0 aliphatic heterocycles. The summed E-state index contributed by atoms with van der Waals surface area (Å²) in [4.78, 5) is 11.9. The minimum absolute atomic E-state index is 0. The van der Waals surface area contributed by atoms with Crippen molar-refractivity contribution in [3.63, 3.8) is 0 Å². The normalized spacial score (nSPS) is 20.0. The van der Waals surface area contributed by atoms with Crippen LogP contribution in [0.4, 0.5) is 0 Å². The first kappa shape index (κ1) is 16.7. The maximum Gasteiger partial charge on any atom is 0.220 e. The highest BCUT2D eigenvalue weighted by molar-refractivity contribution is 5.85. The molecule has 1 rings (SSSR count). The summed E-state index contributed by atoms with van der Waals surface area (Å²) in [6.45, 7) is 6.92. The lowest BCUT2D eigenvalue weighted by Crippen LogP contribution is -2.53. The van der Waals surface area contributed by atoms with Gasteiger partial charge in [-0.3, -0.25) is 4.79 Å². The van der Waals surface area contributed by atoms with Gasteiger partial charge in [-0.1, -0.05) is 26.7 Å². The van der Waals surface area contributed by atoms with Crippen molar-refractivity contribution in [3.05, 3.63) is 0 Å². The van der Waals surface area contributed by atoms with Crippen LogP contribution < -0.4 is 11.1 Å². The monoisotopic (exact) mass is 262 g/mol. The van der Waals surface area contributed by atoms with E-state index in [0.717, 1.165) is 12.8 Å². The molecule has 1 aliphatic rings. The van der Waals surface area contributed by atoms with E-state index in [9.17, 15) is 4.79 Å². The van der Waals surface area contributed by atoms with E-state index in [2.05, 4.69) is 26.1 Å². The topological polar surface area (TPSA) is 55.1 Å². The van der Waals surface area contributed by atoms with Crippen LogP contribution in [-0.4, -0.2) is 18.0 Å². The maximum absolute atomic E-state index is 11.9. The Labute approximate surface area is 111 Å². The molecule has 1 fully saturated rings. The molecule has 1 saturated carbocycles. The molecule has 3 nitrogen and oxygen atoms in total. The molecule has 17 heavy (non-hydrogen) atoms. The third-order valence-electron chi connectivity index (χ3n) is 3.64. The average molecular weight is 263 g/mol. The van der Waals surface area contributed by atoms with Gasteiger partial charge in [0.1, 0.15) is 0 Å². The van der Waals surface area contributed by atoms with Crippen molar-refractivity contribution < 1.29 is 4.79 Å². The molecular weight excluding hydrogens is 236 g/mol. The van der Waals surface area contributed by atoms with Crippen LogP contribution in [0.1, 0.15) is 52.9 Å². The fraction of sp³-hybridized carbons (Fsp3) is 0.923. The zero-order valence-corrected chi connectivity index (χ0v) is 12.1. The van der Waals surface area contributed by atoms with Gasteiger partial charge in [-0.15, -0.1) is 12.4 Å². The summed E-state index contributed by atoms with van der Waals surface area (Å²) in [5, 5.41) is 3.13. The molecule has 3 N–H and O–H groups in total. The molecule has 4 heteroatoms. The van der Waals surface area contributed by atoms with Crippen LogP contribution >= 0.6 is 12.4 Å². The summed E-state index contributed by atoms with van der Waals surface area (Å²) in [6.07, 6.45) is 5.31. The molecule has 0 spiro atoms. The lowest BCUT2D eigenvalue weighted by Gasteiger charge is -2.30. The van der Waals surface area contributed by atoms with Crippen LogP contribution in [0.2, 0.25) is 0 Å². The summed E-state index contributed by atoms with van der Waals surface area (Å²) in [7, 11) is 0. The second-order valence-electron chi connectivity index (χ2n) is 5.54. The van der Waals surface area contributed by atoms with E-state index < -0.39 is 0 Å². The Balaban J connectivity index is 0.00000256. The number of hydrogen-bond acceptors (Lipinski definition) is 2. The Morgan fingerprint density at radius 2 is 2.12 bits per heavy atom. The Hall–Kier alpha value is -0.280. The van der Waals surface area contributed by atoms with E-state index in [-0.39, 0.29) is 23.9 Å². The van der Waals surface area contributed by atoms with Crippen LogP contribution in [0.3, 0.4) is 0 Å². The van der Waals surface area contributed by atoms with Gasteiger partial charge in [0.25, 0.3) is 0 Å². The smallest absolute Gasteiger partial charge is 0.220 e. The first-order valence-electron chi connectivity index (χ1n) is 6.53. The van der Waals surface area contributed by atoms with E-state index in [1.165, 1.54) is 12.8 Å². The van der Waals surface area contributed by atoms with Crippen molar-refractivity contribution in [2.45, 2.75) is 58.4 Å². The Kier molecular flexibility index (Phi) is 7.10. The number of carbonyl (C=O) groups is 1. The van der Waals surface area contributed by atoms with Gasteiger partial charge in [-0.25, -0.2) is 0 Å². The molecule has 2 unspecified atom stereocenters. The highest BCUT2D eigenvalue weighted by Gasteiger charge is 2.41. The molecule has 0 bridgehead atoms. The molecule has 0 aromatic rings. The predicted molar refractivity (Wildman–Crippen MR) is 74.3 cm³/mol. The van der Waals surface area contributed by atoms with Crippen LogP contribution in [0.15, 0.2) is 0 Å². The number of nitrogens with two attached hydrogens (primary N) is 1. The second kappa shape index (κ2) is 7.22. The van der Waals surface area contributed by atoms with E-state index in [1.54, 1.807) is 0 Å². The first-order valence-corrected chi connectivity index (χ1v) is 6.53. The summed E-state index contributed by atoms with van der Waals surface area (Å²) in [5.41, 5.74) is 5.61. The number of nitrogens with one attached hydrogen (secondary N) is 1. The molecule has 0 heterocycles. The third kappa shape index (κ3) is 5.26. The molecular formula is C13H27ClN2O. The summed E-state index contributed by atoms with van der Waals surface area (Å²) < 4.78 is 0. The minimum Gasteiger partial charge on any atom is -0.349 e. The number of rotatable bonds is 7. The number of carbonyl (C=O) groups excluding carboxylic acids is 1. The average Bonchev–Trinajstić information content (AvgIpc) is 3.00. The number of amides is 1. The van der Waals surface area contributed by atoms with Crippen molar-refractivity contribution in [1.82, 2.24) is 5.32 Å². The summed E-state index contributed by atoms with van der Waals surface area (Å²) in [6, 6.07) is 0. The Bertz CT molecular complexity index is 244. The molecule has 0 saturated heterocycles. The van der Waals surface area contributed by atoms with Crippen molar-refractivity contribution in [2.24, 2.45) is 17.6 Å². The zero-order chi connectivity index (χ0) is 12.2. The van der Waals surface area contributed by atoms with Crippen molar-refractivity contribution in [1.29, 1.82) is 0 Å². The second-order valence-corrected chi connectivity index (χ2v) is 5.54. The standard InChI is InChI=1S/C13H26N2O.ClH/c1-4-5-10(2)8-12(16)15-13(3,9-14)11-6-7-11;/h10-11H,4-9,14H2,1-3H3,(H,15,16);1H. The molecule has 0 aromatic carbocycles. The van der Waals surface area contributed by atoms with Gasteiger partial charge in [0.05, 0.1) is 5.54 Å². The molecule has 102 valence electrons. The lowest BCUT2D eigenvalue weighted by atomic mass is 9.94. The lowest BCUT2D eigenvalue weighted by molar-refractivity contribution is -0.123. The molecule has 0 radical (unpaired) electrons. The van der Waals surface area contributed by atoms with E-state index in [1.807, 2.05) is 0 Å². The fourth-order valence-electron chi connectivity index (χ4n) is 2.32. The van der Waals surface area contributed by atoms with Gasteiger partial charge < -0.3 is 11.1 Å². The number of hydrogen-bond donors (Lipinski definition) is 2. The van der Waals surface area contributed by atoms with Gasteiger partial charge in [0.2, 0.25) is 5.91 Å². The van der Waals surface area contributed by atoms with Gasteiger partial charge in [0, 0.05) is 13.0 Å². The largest absolute Gasteiger partial charge is 0.349 e. The van der Waals surface area contributed by atoms with Crippen LogP contribution in [-0.2, 0) is 4.79 Å². The number of halogens is 1. The quantitative estimate of drug-likeness (QED) is 0.741. The van der Waals surface area contributed by atoms with Gasteiger partial charge >= 0.3 is 0 Å². The highest BCUT2D eigenvalue weighted by Crippen LogP contribution is 2.39. The van der Waals surface area contributed by atoms with Crippen LogP contribution in [0, 0.1) is 11.8 Å². The fourth-order valence-corrected chi connectivity index (χ4v) is 2.32. The molecule has 1 amide bonds. The van der Waals surface area contributed by atoms with Crippen molar-refractivity contribution in [2.75, 3.05) is 6.54 Å². The SMILES string of the molecule is CCCC(C)CC(=O)NC(C)(CN)C1CC1.Cl. The summed E-state index contributed by atoms with van der Waals surface area (Å²) >= 11 is 0. The van der Waals surface area contributed by atoms with Gasteiger partial charge in [-0.2, -0.15) is 0 Å². The third-order valence-corrected chi connectivity index (χ3v) is 3.64. The van der Waals surface area contributed by atoms with Crippen molar-refractivity contribution >= 4 is 18.3 Å². The van der Waals surface area contributed by atoms with Crippen molar-refractivity contribution in [3.8, 4) is 0 Å². The van der Waals surface area contributed by atoms with Gasteiger partial charge in [-0.05, 0) is 31.6 Å².